The summed E-state index contributed by atoms with van der Waals surface area (Å²) in [6.45, 7) is 5.51. The summed E-state index contributed by atoms with van der Waals surface area (Å²) in [6.07, 6.45) is 1.19. The van der Waals surface area contributed by atoms with Crippen molar-refractivity contribution in [3.63, 3.8) is 0 Å². The second-order valence-corrected chi connectivity index (χ2v) is 8.26. The van der Waals surface area contributed by atoms with E-state index >= 15 is 0 Å². The predicted octanol–water partition coefficient (Wildman–Crippen LogP) is 1.66. The second kappa shape index (κ2) is 6.34. The van der Waals surface area contributed by atoms with Crippen LogP contribution in [0.5, 0.6) is 0 Å². The lowest BCUT2D eigenvalue weighted by molar-refractivity contribution is 0.0305. The molecule has 2 rings (SSSR count). The summed E-state index contributed by atoms with van der Waals surface area (Å²) in [5.74, 6) is 0. The van der Waals surface area contributed by atoms with E-state index in [9.17, 15) is 13.5 Å². The van der Waals surface area contributed by atoms with Crippen molar-refractivity contribution < 1.29 is 13.5 Å². The maximum Gasteiger partial charge on any atom is 0.235 e. The zero-order valence-electron chi connectivity index (χ0n) is 12.6. The molecule has 2 N–H and O–H groups in total. The van der Waals surface area contributed by atoms with E-state index < -0.39 is 15.6 Å². The van der Waals surface area contributed by atoms with Crippen LogP contribution in [0.3, 0.4) is 0 Å². The molecule has 5 nitrogen and oxygen atoms in total. The molecule has 0 spiro atoms. The Balaban J connectivity index is 1.92. The number of para-hydroxylation sites is 1. The SMILES string of the molecule is CC(C)(O)CN1CCC(S(=O)(=O)Nc2ccccc2)CC1. The molecule has 1 aliphatic heterocycles. The first kappa shape index (κ1) is 16.3. The number of β-amino-alcohol motifs (C(OH)–C–C–N with tert-alkyl or cyclic N) is 1. The zero-order chi connectivity index (χ0) is 15.5. The molecule has 118 valence electrons. The van der Waals surface area contributed by atoms with Gasteiger partial charge >= 0.3 is 0 Å². The Kier molecular flexibility index (Phi) is 4.91. The van der Waals surface area contributed by atoms with Crippen LogP contribution in [0.25, 0.3) is 0 Å². The topological polar surface area (TPSA) is 69.6 Å². The van der Waals surface area contributed by atoms with Gasteiger partial charge in [0.1, 0.15) is 0 Å². The van der Waals surface area contributed by atoms with E-state index in [0.717, 1.165) is 0 Å². The molecule has 1 aliphatic rings. The van der Waals surface area contributed by atoms with Gasteiger partial charge in [0.2, 0.25) is 10.0 Å². The van der Waals surface area contributed by atoms with Crippen LogP contribution in [-0.4, -0.2) is 48.9 Å². The van der Waals surface area contributed by atoms with Crippen molar-refractivity contribution in [1.82, 2.24) is 4.90 Å². The van der Waals surface area contributed by atoms with Gasteiger partial charge in [0.25, 0.3) is 0 Å². The molecule has 1 fully saturated rings. The van der Waals surface area contributed by atoms with Crippen LogP contribution in [0.4, 0.5) is 5.69 Å². The summed E-state index contributed by atoms with van der Waals surface area (Å²) in [4.78, 5) is 2.12. The fourth-order valence-electron chi connectivity index (χ4n) is 2.68. The quantitative estimate of drug-likeness (QED) is 0.867. The zero-order valence-corrected chi connectivity index (χ0v) is 13.4. The molecule has 6 heteroatoms. The highest BCUT2D eigenvalue weighted by atomic mass is 32.2. The van der Waals surface area contributed by atoms with Gasteiger partial charge in [-0.2, -0.15) is 0 Å². The minimum absolute atomic E-state index is 0.365. The Hall–Kier alpha value is -1.11. The molecule has 0 unspecified atom stereocenters. The molecule has 0 aromatic heterocycles. The first-order chi connectivity index (χ1) is 9.76. The highest BCUT2D eigenvalue weighted by Gasteiger charge is 2.31. The van der Waals surface area contributed by atoms with Gasteiger partial charge < -0.3 is 10.0 Å². The highest BCUT2D eigenvalue weighted by Crippen LogP contribution is 2.21. The monoisotopic (exact) mass is 312 g/mol. The smallest absolute Gasteiger partial charge is 0.235 e. The number of nitrogens with zero attached hydrogens (tertiary/aromatic N) is 1. The molecule has 1 aromatic rings. The van der Waals surface area contributed by atoms with Crippen LogP contribution in [-0.2, 0) is 10.0 Å². The Bertz CT molecular complexity index is 544. The maximum atomic E-state index is 12.4. The van der Waals surface area contributed by atoms with Crippen molar-refractivity contribution in [2.75, 3.05) is 24.4 Å². The van der Waals surface area contributed by atoms with Gasteiger partial charge in [-0.25, -0.2) is 8.42 Å². The predicted molar refractivity (Wildman–Crippen MR) is 84.7 cm³/mol. The van der Waals surface area contributed by atoms with E-state index in [0.29, 0.717) is 38.2 Å². The highest BCUT2D eigenvalue weighted by molar-refractivity contribution is 7.93. The third kappa shape index (κ3) is 4.98. The molecule has 0 aliphatic carbocycles. The molecule has 0 atom stereocenters. The first-order valence-corrected chi connectivity index (χ1v) is 8.82. The number of benzene rings is 1. The molecular weight excluding hydrogens is 288 g/mol. The van der Waals surface area contributed by atoms with Crippen LogP contribution in [0.1, 0.15) is 26.7 Å². The third-order valence-electron chi connectivity index (χ3n) is 3.62. The fourth-order valence-corrected chi connectivity index (χ4v) is 4.14. The number of sulfonamides is 1. The van der Waals surface area contributed by atoms with E-state index in [1.165, 1.54) is 0 Å². The number of anilines is 1. The van der Waals surface area contributed by atoms with Crippen LogP contribution in [0.2, 0.25) is 0 Å². The minimum Gasteiger partial charge on any atom is -0.389 e. The van der Waals surface area contributed by atoms with Crippen LogP contribution in [0.15, 0.2) is 30.3 Å². The van der Waals surface area contributed by atoms with E-state index in [-0.39, 0.29) is 5.25 Å². The van der Waals surface area contributed by atoms with E-state index in [1.807, 2.05) is 18.2 Å². The molecule has 0 radical (unpaired) electrons. The van der Waals surface area contributed by atoms with E-state index in [4.69, 9.17) is 0 Å². The van der Waals surface area contributed by atoms with Gasteiger partial charge in [-0.3, -0.25) is 4.72 Å². The summed E-state index contributed by atoms with van der Waals surface area (Å²) >= 11 is 0. The van der Waals surface area contributed by atoms with Crippen molar-refractivity contribution in [2.45, 2.75) is 37.5 Å². The third-order valence-corrected chi connectivity index (χ3v) is 5.49. The van der Waals surface area contributed by atoms with Crippen LogP contribution in [0, 0.1) is 0 Å². The lowest BCUT2D eigenvalue weighted by atomic mass is 10.1. The summed E-state index contributed by atoms with van der Waals surface area (Å²) in [5, 5.41) is 9.45. The fraction of sp³-hybridized carbons (Fsp3) is 0.600. The van der Waals surface area contributed by atoms with E-state index in [2.05, 4.69) is 9.62 Å². The van der Waals surface area contributed by atoms with Crippen molar-refractivity contribution in [3.05, 3.63) is 30.3 Å². The molecule has 1 aromatic carbocycles. The average molecular weight is 312 g/mol. The maximum absolute atomic E-state index is 12.4. The lowest BCUT2D eigenvalue weighted by Crippen LogP contribution is -2.46. The minimum atomic E-state index is -3.34. The van der Waals surface area contributed by atoms with Gasteiger partial charge in [-0.1, -0.05) is 18.2 Å². The van der Waals surface area contributed by atoms with E-state index in [1.54, 1.807) is 26.0 Å². The van der Waals surface area contributed by atoms with Crippen molar-refractivity contribution in [3.8, 4) is 0 Å². The molecule has 0 bridgehead atoms. The largest absolute Gasteiger partial charge is 0.389 e. The van der Waals surface area contributed by atoms with Gasteiger partial charge in [-0.05, 0) is 51.9 Å². The van der Waals surface area contributed by atoms with Gasteiger partial charge in [0.15, 0.2) is 0 Å². The number of hydrogen-bond donors (Lipinski definition) is 2. The Morgan fingerprint density at radius 3 is 2.33 bits per heavy atom. The summed E-state index contributed by atoms with van der Waals surface area (Å²) < 4.78 is 27.4. The second-order valence-electron chi connectivity index (χ2n) is 6.30. The molecule has 1 heterocycles. The molecule has 1 saturated heterocycles. The number of rotatable bonds is 5. The number of nitrogens with one attached hydrogen (secondary N) is 1. The van der Waals surface area contributed by atoms with Crippen molar-refractivity contribution in [2.24, 2.45) is 0 Å². The summed E-state index contributed by atoms with van der Waals surface area (Å²) in [7, 11) is -3.34. The Morgan fingerprint density at radius 1 is 1.24 bits per heavy atom. The van der Waals surface area contributed by atoms with Gasteiger partial charge in [0.05, 0.1) is 10.9 Å². The normalized spacial score (nSPS) is 18.6. The number of hydrogen-bond acceptors (Lipinski definition) is 4. The van der Waals surface area contributed by atoms with Crippen molar-refractivity contribution in [1.29, 1.82) is 0 Å². The van der Waals surface area contributed by atoms with Crippen LogP contribution >= 0.6 is 0 Å². The average Bonchev–Trinajstić information content (AvgIpc) is 2.38. The number of aliphatic hydroxyl groups is 1. The van der Waals surface area contributed by atoms with Gasteiger partial charge in [0, 0.05) is 12.2 Å². The van der Waals surface area contributed by atoms with Gasteiger partial charge in [-0.15, -0.1) is 0 Å². The standard InChI is InChI=1S/C15H24N2O3S/c1-15(2,18)12-17-10-8-14(9-11-17)21(19,20)16-13-6-4-3-5-7-13/h3-7,14,16,18H,8-12H2,1-2H3. The van der Waals surface area contributed by atoms with Crippen LogP contribution < -0.4 is 4.72 Å². The summed E-state index contributed by atoms with van der Waals surface area (Å²) in [6, 6.07) is 8.97. The Morgan fingerprint density at radius 2 is 1.81 bits per heavy atom. The number of piperidine rings is 1. The lowest BCUT2D eigenvalue weighted by Gasteiger charge is -2.35. The molecule has 0 saturated carbocycles. The molecule has 0 amide bonds. The van der Waals surface area contributed by atoms with Crippen molar-refractivity contribution >= 4 is 15.7 Å². The Labute approximate surface area is 127 Å². The molecule has 21 heavy (non-hydrogen) atoms. The number of likely N-dealkylation sites (tertiary alicyclic amines) is 1. The summed E-state index contributed by atoms with van der Waals surface area (Å²) in [5.41, 5.74) is -0.134. The molecular formula is C15H24N2O3S. The first-order valence-electron chi connectivity index (χ1n) is 7.28.